The van der Waals surface area contributed by atoms with Crippen molar-refractivity contribution in [3.05, 3.63) is 57.1 Å². The van der Waals surface area contributed by atoms with Crippen molar-refractivity contribution >= 4 is 40.4 Å². The minimum absolute atomic E-state index is 0.0684. The van der Waals surface area contributed by atoms with Crippen molar-refractivity contribution in [2.24, 2.45) is 14.6 Å². The number of hydrogen-bond acceptors (Lipinski definition) is 6. The van der Waals surface area contributed by atoms with E-state index in [-0.39, 0.29) is 29.7 Å². The number of allylic oxidation sites excluding steroid dienone is 1. The highest BCUT2D eigenvalue weighted by Gasteiger charge is 2.31. The van der Waals surface area contributed by atoms with Crippen LogP contribution in [0, 0.1) is 0 Å². The van der Waals surface area contributed by atoms with E-state index in [2.05, 4.69) is 21.5 Å². The Morgan fingerprint density at radius 2 is 1.77 bits per heavy atom. The lowest BCUT2D eigenvalue weighted by Crippen LogP contribution is -2.45. The summed E-state index contributed by atoms with van der Waals surface area (Å²) in [7, 11) is -3.69. The predicted molar refractivity (Wildman–Crippen MR) is 156 cm³/mol. The van der Waals surface area contributed by atoms with Crippen LogP contribution in [0.5, 0.6) is 0 Å². The maximum atomic E-state index is 13.2. The van der Waals surface area contributed by atoms with Crippen molar-refractivity contribution in [2.75, 3.05) is 13.1 Å². The zero-order valence-electron chi connectivity index (χ0n) is 24.3. The molecule has 3 N–H and O–H groups in total. The van der Waals surface area contributed by atoms with Crippen LogP contribution in [0.1, 0.15) is 83.4 Å². The molecule has 0 aromatic heterocycles. The van der Waals surface area contributed by atoms with Gasteiger partial charge in [0.05, 0.1) is 17.9 Å². The fourth-order valence-electron chi connectivity index (χ4n) is 4.45. The molecular formula is C28H40N6O5S. The molecule has 0 radical (unpaired) electrons. The van der Waals surface area contributed by atoms with Crippen molar-refractivity contribution in [1.29, 1.82) is 0 Å². The van der Waals surface area contributed by atoms with Crippen LogP contribution in [0.25, 0.3) is 0 Å². The standard InChI is InChI=1S/C28H40N6O5S/c1-9-21-19(6)15-33(27(21)37)28(38)31-14-26(36)34(30-8)16-20(7)40(29,39)32-25(35)13-24-22(17(2)3)11-10-12-23(24)18(4)5/h10-12,16-18H,8-9,13-15H2,1-7H3,(H,31,38)(H2,29,32,35,39)/b20-16+. The van der Waals surface area contributed by atoms with E-state index in [0.717, 1.165) is 38.4 Å². The Morgan fingerprint density at radius 1 is 1.20 bits per heavy atom. The largest absolute Gasteiger partial charge is 0.328 e. The first-order valence-electron chi connectivity index (χ1n) is 13.1. The molecule has 0 fully saturated rings. The lowest BCUT2D eigenvalue weighted by molar-refractivity contribution is -0.128. The third-order valence-corrected chi connectivity index (χ3v) is 8.14. The Balaban J connectivity index is 2.17. The quantitative estimate of drug-likeness (QED) is 0.321. The number of amides is 5. The van der Waals surface area contributed by atoms with Crippen LogP contribution in [-0.2, 0) is 30.7 Å². The molecule has 12 heteroatoms. The van der Waals surface area contributed by atoms with E-state index in [4.69, 9.17) is 5.14 Å². The van der Waals surface area contributed by atoms with E-state index >= 15 is 0 Å². The molecule has 0 spiro atoms. The summed E-state index contributed by atoms with van der Waals surface area (Å²) in [5, 5.41) is 12.7. The van der Waals surface area contributed by atoms with Crippen molar-refractivity contribution in [3.63, 3.8) is 0 Å². The highest BCUT2D eigenvalue weighted by Crippen LogP contribution is 2.28. The topological polar surface area (TPSA) is 155 Å². The first-order chi connectivity index (χ1) is 18.6. The summed E-state index contributed by atoms with van der Waals surface area (Å²) in [5.74, 6) is -1.45. The second kappa shape index (κ2) is 13.6. The van der Waals surface area contributed by atoms with E-state index in [0.29, 0.717) is 12.0 Å². The second-order valence-corrected chi connectivity index (χ2v) is 12.2. The van der Waals surface area contributed by atoms with E-state index in [1.165, 1.54) is 6.92 Å². The Hall–Kier alpha value is -3.64. The minimum atomic E-state index is -3.69. The van der Waals surface area contributed by atoms with Crippen LogP contribution in [0.2, 0.25) is 0 Å². The molecule has 0 bridgehead atoms. The highest BCUT2D eigenvalue weighted by atomic mass is 32.2. The average Bonchev–Trinajstić information content (AvgIpc) is 3.17. The van der Waals surface area contributed by atoms with E-state index in [9.17, 15) is 23.4 Å². The number of carbonyl (C=O) groups excluding carboxylic acids is 4. The number of imide groups is 1. The Kier molecular flexibility index (Phi) is 11.1. The molecular weight excluding hydrogens is 532 g/mol. The molecule has 1 atom stereocenters. The smallest absolute Gasteiger partial charge is 0.325 e. The van der Waals surface area contributed by atoms with Gasteiger partial charge in [-0.3, -0.25) is 19.3 Å². The van der Waals surface area contributed by atoms with Crippen molar-refractivity contribution in [3.8, 4) is 0 Å². The van der Waals surface area contributed by atoms with Gasteiger partial charge in [0, 0.05) is 18.5 Å². The predicted octanol–water partition coefficient (Wildman–Crippen LogP) is 3.93. The van der Waals surface area contributed by atoms with Gasteiger partial charge in [-0.2, -0.15) is 5.10 Å². The van der Waals surface area contributed by atoms with Gasteiger partial charge in [-0.1, -0.05) is 52.8 Å². The number of urea groups is 1. The van der Waals surface area contributed by atoms with Crippen molar-refractivity contribution in [1.82, 2.24) is 15.2 Å². The van der Waals surface area contributed by atoms with Crippen LogP contribution in [0.15, 0.2) is 49.9 Å². The molecule has 1 aromatic rings. The SMILES string of the molecule is C=NN(/C=C(\C)S(N)(=O)=NC(=O)Cc1c(C(C)C)cccc1C(C)C)C(=O)CNC(=O)N1CC(C)=C(CC)C1=O. The Bertz CT molecular complexity index is 1360. The van der Waals surface area contributed by atoms with Gasteiger partial charge in [-0.25, -0.2) is 19.2 Å². The van der Waals surface area contributed by atoms with Crippen LogP contribution in [-0.4, -0.2) is 57.7 Å². The first kappa shape index (κ1) is 32.6. The number of hydrazone groups is 1. The van der Waals surface area contributed by atoms with Crippen molar-refractivity contribution < 1.29 is 23.4 Å². The minimum Gasteiger partial charge on any atom is -0.328 e. The van der Waals surface area contributed by atoms with E-state index in [1.807, 2.05) is 52.8 Å². The van der Waals surface area contributed by atoms with Crippen LogP contribution in [0.3, 0.4) is 0 Å². The van der Waals surface area contributed by atoms with Gasteiger partial charge < -0.3 is 5.32 Å². The molecule has 1 heterocycles. The van der Waals surface area contributed by atoms with Gasteiger partial charge in [0.2, 0.25) is 0 Å². The Labute approximate surface area is 236 Å². The van der Waals surface area contributed by atoms with Gasteiger partial charge in [-0.15, -0.1) is 4.36 Å². The lowest BCUT2D eigenvalue weighted by Gasteiger charge is -2.19. The third-order valence-electron chi connectivity index (χ3n) is 6.63. The van der Waals surface area contributed by atoms with Gasteiger partial charge in [0.15, 0.2) is 0 Å². The molecule has 0 saturated carbocycles. The number of nitrogens with two attached hydrogens (primary N) is 1. The van der Waals surface area contributed by atoms with E-state index in [1.54, 1.807) is 6.92 Å². The number of rotatable bonds is 10. The normalized spacial score (nSPS) is 15.4. The van der Waals surface area contributed by atoms with Crippen LogP contribution in [0.4, 0.5) is 4.79 Å². The molecule has 5 amide bonds. The molecule has 0 aliphatic carbocycles. The first-order valence-corrected chi connectivity index (χ1v) is 14.7. The molecule has 1 aromatic carbocycles. The van der Waals surface area contributed by atoms with Crippen molar-refractivity contribution in [2.45, 2.75) is 73.1 Å². The highest BCUT2D eigenvalue weighted by molar-refractivity contribution is 7.95. The summed E-state index contributed by atoms with van der Waals surface area (Å²) in [6.45, 7) is 16.0. The summed E-state index contributed by atoms with van der Waals surface area (Å²) in [5.41, 5.74) is 4.22. The maximum absolute atomic E-state index is 13.2. The van der Waals surface area contributed by atoms with Gasteiger partial charge >= 0.3 is 6.03 Å². The number of nitrogens with zero attached hydrogens (tertiary/aromatic N) is 4. The number of benzene rings is 1. The molecule has 1 aliphatic rings. The summed E-state index contributed by atoms with van der Waals surface area (Å²) >= 11 is 0. The van der Waals surface area contributed by atoms with Gasteiger partial charge in [-0.05, 0) is 54.4 Å². The molecule has 1 unspecified atom stereocenters. The summed E-state index contributed by atoms with van der Waals surface area (Å²) in [6.07, 6.45) is 1.49. The number of hydrogen-bond donors (Lipinski definition) is 2. The zero-order chi connectivity index (χ0) is 30.4. The molecule has 40 heavy (non-hydrogen) atoms. The average molecular weight is 573 g/mol. The van der Waals surface area contributed by atoms with Crippen LogP contribution >= 0.6 is 0 Å². The summed E-state index contributed by atoms with van der Waals surface area (Å²) in [6, 6.07) is 5.15. The summed E-state index contributed by atoms with van der Waals surface area (Å²) < 4.78 is 17.0. The molecule has 11 nitrogen and oxygen atoms in total. The van der Waals surface area contributed by atoms with E-state index < -0.39 is 40.2 Å². The zero-order valence-corrected chi connectivity index (χ0v) is 25.1. The van der Waals surface area contributed by atoms with Crippen LogP contribution < -0.4 is 10.5 Å². The van der Waals surface area contributed by atoms with Gasteiger partial charge in [0.1, 0.15) is 16.5 Å². The molecule has 2 rings (SSSR count). The summed E-state index contributed by atoms with van der Waals surface area (Å²) in [4.78, 5) is 51.4. The molecule has 0 saturated heterocycles. The lowest BCUT2D eigenvalue weighted by atomic mass is 9.87. The Morgan fingerprint density at radius 3 is 2.25 bits per heavy atom. The fraction of sp³-hybridized carbons (Fsp3) is 0.464. The maximum Gasteiger partial charge on any atom is 0.325 e. The fourth-order valence-corrected chi connectivity index (χ4v) is 5.21. The molecule has 1 aliphatic heterocycles. The number of carbonyl (C=O) groups is 4. The monoisotopic (exact) mass is 572 g/mol. The number of nitrogens with one attached hydrogen (secondary N) is 1. The third kappa shape index (κ3) is 7.72. The second-order valence-electron chi connectivity index (χ2n) is 10.2. The molecule has 218 valence electrons. The van der Waals surface area contributed by atoms with Gasteiger partial charge in [0.25, 0.3) is 17.7 Å².